The number of imidazole rings is 2. The molecule has 0 aliphatic rings. The van der Waals surface area contributed by atoms with Gasteiger partial charge in [0.25, 0.3) is 0 Å². The lowest BCUT2D eigenvalue weighted by molar-refractivity contribution is 1.31. The average Bonchev–Trinajstić information content (AvgIpc) is 3.62. The number of aromatic amines is 2. The molecular formula is C30H24N4. The number of nitrogens with zero attached hydrogens (tertiary/aromatic N) is 2. The number of nitrogens with one attached hydrogen (secondary N) is 2. The molecule has 0 spiro atoms. The van der Waals surface area contributed by atoms with Crippen molar-refractivity contribution in [3.05, 3.63) is 134 Å². The summed E-state index contributed by atoms with van der Waals surface area (Å²) >= 11 is 0. The van der Waals surface area contributed by atoms with E-state index < -0.39 is 0 Å². The van der Waals surface area contributed by atoms with E-state index in [-0.39, 0.29) is 0 Å². The van der Waals surface area contributed by atoms with Crippen LogP contribution >= 0.6 is 0 Å². The van der Waals surface area contributed by atoms with Crippen molar-refractivity contribution in [2.24, 2.45) is 0 Å². The predicted octanol–water partition coefficient (Wildman–Crippen LogP) is 7.49. The molecule has 4 nitrogen and oxygen atoms in total. The highest BCUT2D eigenvalue weighted by molar-refractivity contribution is 5.78. The summed E-state index contributed by atoms with van der Waals surface area (Å²) in [5.41, 5.74) is 8.70. The molecule has 0 aliphatic carbocycles. The second-order valence-electron chi connectivity index (χ2n) is 7.72. The largest absolute Gasteiger partial charge is 0.344 e. The van der Waals surface area contributed by atoms with Crippen molar-refractivity contribution in [3.8, 4) is 45.0 Å². The lowest BCUT2D eigenvalue weighted by atomic mass is 10.1. The van der Waals surface area contributed by atoms with Crippen molar-refractivity contribution >= 4 is 0 Å². The van der Waals surface area contributed by atoms with Gasteiger partial charge < -0.3 is 9.97 Å². The van der Waals surface area contributed by atoms with Crippen molar-refractivity contribution < 1.29 is 0 Å². The minimum atomic E-state index is 0.997. The zero-order chi connectivity index (χ0) is 23.0. The molecule has 0 fully saturated rings. The Labute approximate surface area is 199 Å². The van der Waals surface area contributed by atoms with Gasteiger partial charge in [-0.25, -0.2) is 9.97 Å². The van der Waals surface area contributed by atoms with Gasteiger partial charge in [0.2, 0.25) is 0 Å². The van der Waals surface area contributed by atoms with E-state index in [1.807, 2.05) is 72.8 Å². The summed E-state index contributed by atoms with van der Waals surface area (Å²) < 4.78 is 0. The van der Waals surface area contributed by atoms with Crippen LogP contribution in [-0.2, 0) is 0 Å². The Balaban J connectivity index is 0.000000142. The van der Waals surface area contributed by atoms with Gasteiger partial charge in [-0.3, -0.25) is 0 Å². The molecule has 2 aromatic heterocycles. The molecule has 0 saturated heterocycles. The normalized spacial score (nSPS) is 10.4. The molecule has 0 saturated carbocycles. The van der Waals surface area contributed by atoms with Crippen LogP contribution in [0, 0.1) is 0 Å². The van der Waals surface area contributed by atoms with Gasteiger partial charge in [-0.2, -0.15) is 0 Å². The average molecular weight is 441 g/mol. The van der Waals surface area contributed by atoms with Crippen LogP contribution in [0.25, 0.3) is 45.0 Å². The van der Waals surface area contributed by atoms with E-state index in [1.54, 1.807) is 12.7 Å². The van der Waals surface area contributed by atoms with E-state index in [9.17, 15) is 0 Å². The Hall–Kier alpha value is -4.70. The van der Waals surface area contributed by atoms with Crippen molar-refractivity contribution in [2.45, 2.75) is 0 Å². The molecule has 0 unspecified atom stereocenters. The number of H-pyrrole nitrogens is 2. The smallest absolute Gasteiger partial charge is 0.0960 e. The number of benzene rings is 4. The van der Waals surface area contributed by atoms with Crippen molar-refractivity contribution in [2.75, 3.05) is 0 Å². The van der Waals surface area contributed by atoms with Crippen molar-refractivity contribution in [1.29, 1.82) is 0 Å². The SMILES string of the molecule is c1ccc(-c2nc[nH]c2-c2ccccc2)cc1.c1ccc(-c2nc[nH]c2-c2ccccc2)cc1. The molecule has 0 amide bonds. The number of aromatic nitrogens is 4. The molecule has 34 heavy (non-hydrogen) atoms. The molecule has 4 aromatic carbocycles. The van der Waals surface area contributed by atoms with Gasteiger partial charge in [0, 0.05) is 22.3 Å². The van der Waals surface area contributed by atoms with Crippen LogP contribution in [0.1, 0.15) is 0 Å². The maximum atomic E-state index is 4.41. The van der Waals surface area contributed by atoms with Gasteiger partial charge in [0.1, 0.15) is 0 Å². The zero-order valence-electron chi connectivity index (χ0n) is 18.6. The second kappa shape index (κ2) is 10.3. The van der Waals surface area contributed by atoms with E-state index in [4.69, 9.17) is 0 Å². The molecule has 4 heteroatoms. The Morgan fingerprint density at radius 2 is 0.647 bits per heavy atom. The zero-order valence-corrected chi connectivity index (χ0v) is 18.6. The first-order valence-electron chi connectivity index (χ1n) is 11.2. The monoisotopic (exact) mass is 440 g/mol. The van der Waals surface area contributed by atoms with Gasteiger partial charge in [-0.15, -0.1) is 0 Å². The van der Waals surface area contributed by atoms with Crippen LogP contribution in [0.4, 0.5) is 0 Å². The van der Waals surface area contributed by atoms with Gasteiger partial charge in [-0.05, 0) is 0 Å². The van der Waals surface area contributed by atoms with Gasteiger partial charge >= 0.3 is 0 Å². The summed E-state index contributed by atoms with van der Waals surface area (Å²) in [4.78, 5) is 15.2. The second-order valence-corrected chi connectivity index (χ2v) is 7.72. The fraction of sp³-hybridized carbons (Fsp3) is 0. The van der Waals surface area contributed by atoms with E-state index in [1.165, 1.54) is 0 Å². The van der Waals surface area contributed by atoms with Gasteiger partial charge in [0.15, 0.2) is 0 Å². The molecule has 2 heterocycles. The topological polar surface area (TPSA) is 57.4 Å². The first kappa shape index (κ1) is 21.2. The van der Waals surface area contributed by atoms with Crippen LogP contribution in [0.5, 0.6) is 0 Å². The summed E-state index contributed by atoms with van der Waals surface area (Å²) in [5, 5.41) is 0. The van der Waals surface area contributed by atoms with Gasteiger partial charge in [0.05, 0.1) is 35.4 Å². The van der Waals surface area contributed by atoms with E-state index in [2.05, 4.69) is 68.5 Å². The third kappa shape index (κ3) is 4.71. The summed E-state index contributed by atoms with van der Waals surface area (Å²) in [6.45, 7) is 0. The summed E-state index contributed by atoms with van der Waals surface area (Å²) in [5.74, 6) is 0. The summed E-state index contributed by atoms with van der Waals surface area (Å²) in [6.07, 6.45) is 3.48. The standard InChI is InChI=1S/2C15H12N2/c2*1-3-7-12(8-4-1)14-15(17-11-16-14)13-9-5-2-6-10-13/h2*1-11H,(H,16,17). The molecule has 0 atom stereocenters. The quantitative estimate of drug-likeness (QED) is 0.298. The third-order valence-electron chi connectivity index (χ3n) is 5.50. The predicted molar refractivity (Wildman–Crippen MR) is 139 cm³/mol. The highest BCUT2D eigenvalue weighted by Crippen LogP contribution is 2.29. The fourth-order valence-corrected chi connectivity index (χ4v) is 3.87. The van der Waals surface area contributed by atoms with Crippen LogP contribution in [0.15, 0.2) is 134 Å². The molecule has 6 aromatic rings. The molecule has 6 rings (SSSR count). The first-order chi connectivity index (χ1) is 16.9. The Morgan fingerprint density at radius 1 is 0.353 bits per heavy atom. The number of rotatable bonds is 4. The Bertz CT molecular complexity index is 1200. The van der Waals surface area contributed by atoms with E-state index in [0.717, 1.165) is 45.0 Å². The molecule has 164 valence electrons. The Morgan fingerprint density at radius 3 is 0.971 bits per heavy atom. The third-order valence-corrected chi connectivity index (χ3v) is 5.50. The lowest BCUT2D eigenvalue weighted by Gasteiger charge is -2.02. The van der Waals surface area contributed by atoms with E-state index in [0.29, 0.717) is 0 Å². The molecule has 2 N–H and O–H groups in total. The van der Waals surface area contributed by atoms with Crippen LogP contribution in [0.2, 0.25) is 0 Å². The van der Waals surface area contributed by atoms with Crippen LogP contribution in [-0.4, -0.2) is 19.9 Å². The van der Waals surface area contributed by atoms with Crippen LogP contribution in [0.3, 0.4) is 0 Å². The molecule has 0 bridgehead atoms. The fourth-order valence-electron chi connectivity index (χ4n) is 3.87. The molecule has 0 aliphatic heterocycles. The summed E-state index contributed by atoms with van der Waals surface area (Å²) in [6, 6.07) is 40.9. The number of hydrogen-bond acceptors (Lipinski definition) is 2. The maximum absolute atomic E-state index is 4.41. The van der Waals surface area contributed by atoms with Crippen molar-refractivity contribution in [1.82, 2.24) is 19.9 Å². The van der Waals surface area contributed by atoms with Gasteiger partial charge in [-0.1, -0.05) is 121 Å². The molecule has 0 radical (unpaired) electrons. The highest BCUT2D eigenvalue weighted by Gasteiger charge is 2.10. The van der Waals surface area contributed by atoms with Crippen LogP contribution < -0.4 is 0 Å². The lowest BCUT2D eigenvalue weighted by Crippen LogP contribution is -1.82. The minimum absolute atomic E-state index is 0.997. The first-order valence-corrected chi connectivity index (χ1v) is 11.2. The minimum Gasteiger partial charge on any atom is -0.344 e. The summed E-state index contributed by atoms with van der Waals surface area (Å²) in [7, 11) is 0. The number of hydrogen-bond donors (Lipinski definition) is 2. The maximum Gasteiger partial charge on any atom is 0.0960 e. The van der Waals surface area contributed by atoms with Crippen molar-refractivity contribution in [3.63, 3.8) is 0 Å². The highest BCUT2D eigenvalue weighted by atomic mass is 14.9. The molecular weight excluding hydrogens is 416 g/mol. The Kier molecular flexibility index (Phi) is 6.40. The van der Waals surface area contributed by atoms with E-state index >= 15 is 0 Å².